The van der Waals surface area contributed by atoms with Crippen molar-refractivity contribution in [1.29, 1.82) is 0 Å². The lowest BCUT2D eigenvalue weighted by Crippen LogP contribution is -2.62. The van der Waals surface area contributed by atoms with E-state index in [2.05, 4.69) is 5.32 Å². The largest absolute Gasteiger partial charge is 0.480 e. The molecule has 2 heterocycles. The number of hydrogen-bond acceptors (Lipinski definition) is 7. The van der Waals surface area contributed by atoms with Gasteiger partial charge in [0.25, 0.3) is 17.7 Å². The van der Waals surface area contributed by atoms with Gasteiger partial charge in [0.05, 0.1) is 17.7 Å². The standard InChI is InChI=1S/C23H28N4O7/c1-13(23(2,22(33)34)24-17(28)12-25(3)4)11-26-18(29)10-9-16(21(26)32)27-19(30)14-7-5-6-8-15(14)20(27)31/h5-8,13,16H,9-12H2,1-4H3,(H,24,28)(H,33,34)/t13?,16?,23-/m0/s1. The Morgan fingerprint density at radius 2 is 1.71 bits per heavy atom. The van der Waals surface area contributed by atoms with Gasteiger partial charge in [0.15, 0.2) is 0 Å². The van der Waals surface area contributed by atoms with E-state index in [1.165, 1.54) is 26.0 Å². The molecule has 11 heteroatoms. The van der Waals surface area contributed by atoms with Crippen molar-refractivity contribution >= 4 is 35.5 Å². The molecule has 0 aliphatic carbocycles. The molecule has 3 atom stereocenters. The Bertz CT molecular complexity index is 1030. The SMILES string of the molecule is CC(CN1C(=O)CCC(N2C(=O)c3ccccc3C2=O)C1=O)[C@](C)(NC(=O)CN(C)C)C(=O)O. The van der Waals surface area contributed by atoms with Gasteiger partial charge < -0.3 is 15.3 Å². The second kappa shape index (κ2) is 9.34. The number of rotatable bonds is 8. The van der Waals surface area contributed by atoms with Gasteiger partial charge in [0.2, 0.25) is 11.8 Å². The Labute approximate surface area is 196 Å². The summed E-state index contributed by atoms with van der Waals surface area (Å²) in [6.07, 6.45) is -0.100. The van der Waals surface area contributed by atoms with Crippen LogP contribution in [0.1, 0.15) is 47.4 Å². The second-order valence-corrected chi connectivity index (χ2v) is 9.12. The normalized spacial score (nSPS) is 20.9. The highest BCUT2D eigenvalue weighted by atomic mass is 16.4. The Morgan fingerprint density at radius 3 is 2.21 bits per heavy atom. The molecule has 0 spiro atoms. The molecule has 0 bridgehead atoms. The van der Waals surface area contributed by atoms with Gasteiger partial charge in [-0.2, -0.15) is 0 Å². The lowest BCUT2D eigenvalue weighted by atomic mass is 9.85. The molecule has 5 amide bonds. The number of hydrogen-bond donors (Lipinski definition) is 2. The van der Waals surface area contributed by atoms with Crippen LogP contribution in [0.4, 0.5) is 0 Å². The van der Waals surface area contributed by atoms with Gasteiger partial charge >= 0.3 is 5.97 Å². The van der Waals surface area contributed by atoms with E-state index in [0.717, 1.165) is 9.80 Å². The van der Waals surface area contributed by atoms with E-state index in [-0.39, 0.29) is 37.1 Å². The molecular formula is C23H28N4O7. The molecule has 182 valence electrons. The van der Waals surface area contributed by atoms with Gasteiger partial charge in [-0.05, 0) is 39.6 Å². The van der Waals surface area contributed by atoms with Crippen LogP contribution in [0.3, 0.4) is 0 Å². The van der Waals surface area contributed by atoms with Crippen molar-refractivity contribution in [2.45, 2.75) is 38.3 Å². The predicted molar refractivity (Wildman–Crippen MR) is 119 cm³/mol. The van der Waals surface area contributed by atoms with Crippen molar-refractivity contribution in [2.75, 3.05) is 27.2 Å². The molecule has 2 aliphatic heterocycles. The van der Waals surface area contributed by atoms with Crippen LogP contribution in [-0.4, -0.2) is 94.1 Å². The molecule has 1 aromatic rings. The smallest absolute Gasteiger partial charge is 0.329 e. The predicted octanol–water partition coefficient (Wildman–Crippen LogP) is -0.0426. The fraction of sp³-hybridized carbons (Fsp3) is 0.478. The van der Waals surface area contributed by atoms with Gasteiger partial charge in [-0.25, -0.2) is 4.79 Å². The second-order valence-electron chi connectivity index (χ2n) is 9.12. The molecule has 1 aromatic carbocycles. The van der Waals surface area contributed by atoms with Crippen LogP contribution in [0.15, 0.2) is 24.3 Å². The minimum Gasteiger partial charge on any atom is -0.480 e. The monoisotopic (exact) mass is 472 g/mol. The van der Waals surface area contributed by atoms with Crippen LogP contribution in [0, 0.1) is 5.92 Å². The first-order valence-corrected chi connectivity index (χ1v) is 10.9. The van der Waals surface area contributed by atoms with Gasteiger partial charge in [-0.15, -0.1) is 0 Å². The number of piperidine rings is 1. The zero-order valence-corrected chi connectivity index (χ0v) is 19.5. The van der Waals surface area contributed by atoms with Gasteiger partial charge in [0.1, 0.15) is 11.6 Å². The number of carboxylic acid groups (broad SMARTS) is 1. The Balaban J connectivity index is 1.81. The highest BCUT2D eigenvalue weighted by molar-refractivity contribution is 6.23. The van der Waals surface area contributed by atoms with Crippen molar-refractivity contribution in [3.63, 3.8) is 0 Å². The molecule has 1 fully saturated rings. The topological polar surface area (TPSA) is 144 Å². The summed E-state index contributed by atoms with van der Waals surface area (Å²) in [4.78, 5) is 79.3. The molecule has 34 heavy (non-hydrogen) atoms. The average molecular weight is 472 g/mol. The highest BCUT2D eigenvalue weighted by Crippen LogP contribution is 2.30. The van der Waals surface area contributed by atoms with Crippen LogP contribution >= 0.6 is 0 Å². The zero-order chi connectivity index (χ0) is 25.4. The fourth-order valence-electron chi connectivity index (χ4n) is 4.20. The summed E-state index contributed by atoms with van der Waals surface area (Å²) in [6.45, 7) is 2.48. The Hall–Kier alpha value is -3.60. The molecule has 3 rings (SSSR count). The lowest BCUT2D eigenvalue weighted by Gasteiger charge is -2.39. The van der Waals surface area contributed by atoms with E-state index >= 15 is 0 Å². The fourth-order valence-corrected chi connectivity index (χ4v) is 4.20. The summed E-state index contributed by atoms with van der Waals surface area (Å²) in [5.41, 5.74) is -1.38. The Morgan fingerprint density at radius 1 is 1.15 bits per heavy atom. The van der Waals surface area contributed by atoms with E-state index in [1.54, 1.807) is 31.1 Å². The molecule has 0 saturated carbocycles. The van der Waals surface area contributed by atoms with E-state index in [4.69, 9.17) is 0 Å². The first-order valence-electron chi connectivity index (χ1n) is 10.9. The summed E-state index contributed by atoms with van der Waals surface area (Å²) in [7, 11) is 3.32. The number of carbonyl (C=O) groups excluding carboxylic acids is 5. The summed E-state index contributed by atoms with van der Waals surface area (Å²) in [6, 6.07) is 5.07. The number of likely N-dealkylation sites (N-methyl/N-ethyl adjacent to an activating group) is 1. The van der Waals surface area contributed by atoms with Crippen molar-refractivity contribution in [1.82, 2.24) is 20.0 Å². The lowest BCUT2D eigenvalue weighted by molar-refractivity contribution is -0.156. The number of amides is 5. The molecule has 2 N–H and O–H groups in total. The number of carboxylic acids is 1. The first kappa shape index (κ1) is 25.0. The maximum atomic E-state index is 13.3. The minimum absolute atomic E-state index is 0.0101. The van der Waals surface area contributed by atoms with Gasteiger partial charge in [-0.3, -0.25) is 33.8 Å². The molecule has 2 aliphatic rings. The van der Waals surface area contributed by atoms with Crippen molar-refractivity contribution in [3.8, 4) is 0 Å². The molecule has 0 radical (unpaired) electrons. The average Bonchev–Trinajstić information content (AvgIpc) is 3.01. The number of likely N-dealkylation sites (tertiary alicyclic amines) is 1. The van der Waals surface area contributed by atoms with Crippen LogP contribution in [0.5, 0.6) is 0 Å². The third-order valence-electron chi connectivity index (χ3n) is 6.37. The maximum Gasteiger partial charge on any atom is 0.329 e. The Kier molecular flexibility index (Phi) is 6.87. The number of imide groups is 2. The summed E-state index contributed by atoms with van der Waals surface area (Å²) >= 11 is 0. The van der Waals surface area contributed by atoms with Crippen molar-refractivity contribution < 1.29 is 33.9 Å². The number of nitrogens with zero attached hydrogens (tertiary/aromatic N) is 3. The van der Waals surface area contributed by atoms with Gasteiger partial charge in [0, 0.05) is 18.9 Å². The van der Waals surface area contributed by atoms with Crippen LogP contribution < -0.4 is 5.32 Å². The number of fused-ring (bicyclic) bond motifs is 1. The number of carbonyl (C=O) groups is 6. The van der Waals surface area contributed by atoms with E-state index in [1.807, 2.05) is 0 Å². The van der Waals surface area contributed by atoms with Crippen LogP contribution in [-0.2, 0) is 19.2 Å². The quantitative estimate of drug-likeness (QED) is 0.502. The summed E-state index contributed by atoms with van der Waals surface area (Å²) in [5.74, 6) is -5.20. The molecule has 1 saturated heterocycles. The third kappa shape index (κ3) is 4.43. The molecule has 0 aromatic heterocycles. The van der Waals surface area contributed by atoms with Crippen molar-refractivity contribution in [3.05, 3.63) is 35.4 Å². The summed E-state index contributed by atoms with van der Waals surface area (Å²) in [5, 5.41) is 12.3. The molecule has 11 nitrogen and oxygen atoms in total. The highest BCUT2D eigenvalue weighted by Gasteiger charge is 2.49. The summed E-state index contributed by atoms with van der Waals surface area (Å²) < 4.78 is 0. The van der Waals surface area contributed by atoms with Gasteiger partial charge in [-0.1, -0.05) is 19.1 Å². The zero-order valence-electron chi connectivity index (χ0n) is 19.5. The maximum absolute atomic E-state index is 13.3. The van der Waals surface area contributed by atoms with E-state index in [0.29, 0.717) is 0 Å². The molecular weight excluding hydrogens is 444 g/mol. The molecule has 2 unspecified atom stereocenters. The van der Waals surface area contributed by atoms with E-state index < -0.39 is 53.0 Å². The minimum atomic E-state index is -1.77. The number of aliphatic carboxylic acids is 1. The number of benzene rings is 1. The number of nitrogens with one attached hydrogen (secondary N) is 1. The van der Waals surface area contributed by atoms with Crippen LogP contribution in [0.2, 0.25) is 0 Å². The third-order valence-corrected chi connectivity index (χ3v) is 6.37. The van der Waals surface area contributed by atoms with E-state index in [9.17, 15) is 33.9 Å². The van der Waals surface area contributed by atoms with Crippen LogP contribution in [0.25, 0.3) is 0 Å². The first-order chi connectivity index (χ1) is 15.9. The van der Waals surface area contributed by atoms with Crippen molar-refractivity contribution in [2.24, 2.45) is 5.92 Å².